The largest absolute Gasteiger partial charge is 0.356 e. The molecule has 3 heteroatoms. The first-order chi connectivity index (χ1) is 5.74. The van der Waals surface area contributed by atoms with Crippen LogP contribution in [0.25, 0.3) is 0 Å². The van der Waals surface area contributed by atoms with Crippen molar-refractivity contribution in [3.8, 4) is 0 Å². The van der Waals surface area contributed by atoms with Gasteiger partial charge in [-0.1, -0.05) is 12.2 Å². The van der Waals surface area contributed by atoms with Gasteiger partial charge in [-0.2, -0.15) is 0 Å². The Labute approximate surface area is 73.0 Å². The summed E-state index contributed by atoms with van der Waals surface area (Å²) >= 11 is 0. The Kier molecular flexibility index (Phi) is 3.29. The molecule has 0 aromatic carbocycles. The van der Waals surface area contributed by atoms with E-state index in [1.54, 1.807) is 0 Å². The molecule has 12 heavy (non-hydrogen) atoms. The van der Waals surface area contributed by atoms with Crippen LogP contribution in [0.1, 0.15) is 19.8 Å². The summed E-state index contributed by atoms with van der Waals surface area (Å²) in [5.74, 6) is 0.297. The van der Waals surface area contributed by atoms with Crippen molar-refractivity contribution in [3.05, 3.63) is 12.2 Å². The number of hydrogen-bond donors (Lipinski definition) is 2. The van der Waals surface area contributed by atoms with Gasteiger partial charge >= 0.3 is 0 Å². The van der Waals surface area contributed by atoms with Crippen LogP contribution in [-0.4, -0.2) is 18.5 Å². The topological polar surface area (TPSA) is 55.1 Å². The highest BCUT2D eigenvalue weighted by Crippen LogP contribution is 2.15. The third-order valence-electron chi connectivity index (χ3n) is 2.16. The van der Waals surface area contributed by atoms with E-state index in [9.17, 15) is 4.79 Å². The predicted octanol–water partition coefficient (Wildman–Crippen LogP) is 0.416. The van der Waals surface area contributed by atoms with Gasteiger partial charge < -0.3 is 11.1 Å². The second-order valence-corrected chi connectivity index (χ2v) is 3.20. The van der Waals surface area contributed by atoms with Crippen molar-refractivity contribution in [2.45, 2.75) is 25.8 Å². The van der Waals surface area contributed by atoms with Gasteiger partial charge in [-0.05, 0) is 19.8 Å². The molecular weight excluding hydrogens is 152 g/mol. The second kappa shape index (κ2) is 4.26. The van der Waals surface area contributed by atoms with Gasteiger partial charge in [0.25, 0.3) is 0 Å². The van der Waals surface area contributed by atoms with Gasteiger partial charge in [0.05, 0.1) is 0 Å². The summed E-state index contributed by atoms with van der Waals surface area (Å²) in [6.45, 7) is 2.75. The summed E-state index contributed by atoms with van der Waals surface area (Å²) in [5.41, 5.74) is 5.76. The molecule has 1 aliphatic rings. The van der Waals surface area contributed by atoms with Crippen molar-refractivity contribution < 1.29 is 4.79 Å². The predicted molar refractivity (Wildman–Crippen MR) is 48.5 cm³/mol. The van der Waals surface area contributed by atoms with Gasteiger partial charge in [0, 0.05) is 18.5 Å². The number of carbonyl (C=O) groups is 1. The highest BCUT2D eigenvalue weighted by molar-refractivity contribution is 5.80. The molecule has 3 N–H and O–H groups in total. The summed E-state index contributed by atoms with van der Waals surface area (Å²) < 4.78 is 0. The maximum atomic E-state index is 11.1. The van der Waals surface area contributed by atoms with Crippen LogP contribution in [0, 0.1) is 5.92 Å². The van der Waals surface area contributed by atoms with Crippen molar-refractivity contribution in [3.63, 3.8) is 0 Å². The molecule has 3 nitrogen and oxygen atoms in total. The van der Waals surface area contributed by atoms with Crippen LogP contribution in [0.4, 0.5) is 0 Å². The van der Waals surface area contributed by atoms with Crippen LogP contribution < -0.4 is 11.1 Å². The zero-order valence-corrected chi connectivity index (χ0v) is 7.42. The summed E-state index contributed by atoms with van der Waals surface area (Å²) in [6, 6.07) is 0.0313. The van der Waals surface area contributed by atoms with E-state index >= 15 is 0 Å². The van der Waals surface area contributed by atoms with Gasteiger partial charge in [0.15, 0.2) is 0 Å². The molecule has 1 rings (SSSR count). The van der Waals surface area contributed by atoms with Crippen molar-refractivity contribution in [1.82, 2.24) is 5.32 Å². The molecule has 0 saturated carbocycles. The minimum absolute atomic E-state index is 0.0313. The van der Waals surface area contributed by atoms with Crippen LogP contribution in [0.3, 0.4) is 0 Å². The van der Waals surface area contributed by atoms with E-state index in [0.29, 0.717) is 0 Å². The summed E-state index contributed by atoms with van der Waals surface area (Å²) in [7, 11) is 0. The molecule has 0 spiro atoms. The number of amides is 1. The highest BCUT2D eigenvalue weighted by atomic mass is 16.2. The fourth-order valence-corrected chi connectivity index (χ4v) is 1.52. The van der Waals surface area contributed by atoms with Crippen molar-refractivity contribution >= 4 is 5.91 Å². The maximum Gasteiger partial charge on any atom is 0.223 e. The van der Waals surface area contributed by atoms with E-state index in [1.807, 2.05) is 19.1 Å². The molecule has 2 atom stereocenters. The minimum Gasteiger partial charge on any atom is -0.356 e. The smallest absolute Gasteiger partial charge is 0.223 e. The van der Waals surface area contributed by atoms with E-state index < -0.39 is 0 Å². The Morgan fingerprint density at radius 2 is 2.58 bits per heavy atom. The van der Waals surface area contributed by atoms with E-state index in [1.165, 1.54) is 0 Å². The summed E-state index contributed by atoms with van der Waals surface area (Å²) in [5, 5.41) is 2.80. The molecule has 1 heterocycles. The monoisotopic (exact) mass is 168 g/mol. The molecule has 68 valence electrons. The lowest BCUT2D eigenvalue weighted by Crippen LogP contribution is -2.26. The first kappa shape index (κ1) is 9.26. The van der Waals surface area contributed by atoms with E-state index in [2.05, 4.69) is 5.32 Å². The molecule has 1 saturated heterocycles. The zero-order chi connectivity index (χ0) is 8.97. The van der Waals surface area contributed by atoms with Gasteiger partial charge in [-0.3, -0.25) is 4.79 Å². The Morgan fingerprint density at radius 1 is 1.83 bits per heavy atom. The van der Waals surface area contributed by atoms with Crippen molar-refractivity contribution in [2.24, 2.45) is 11.7 Å². The molecule has 0 aromatic rings. The quantitative estimate of drug-likeness (QED) is 0.600. The Balaban J connectivity index is 2.34. The SMILES string of the molecule is C/C=C/[C@@H](N)C[C@@H]1CCNC1=O. The second-order valence-electron chi connectivity index (χ2n) is 3.20. The Bertz CT molecular complexity index is 189. The lowest BCUT2D eigenvalue weighted by Gasteiger charge is -2.09. The van der Waals surface area contributed by atoms with E-state index in [4.69, 9.17) is 5.73 Å². The Hall–Kier alpha value is -0.830. The number of nitrogens with two attached hydrogens (primary N) is 1. The number of nitrogens with one attached hydrogen (secondary N) is 1. The average Bonchev–Trinajstić information content (AvgIpc) is 2.37. The zero-order valence-electron chi connectivity index (χ0n) is 7.42. The first-order valence-corrected chi connectivity index (χ1v) is 4.40. The molecule has 0 bridgehead atoms. The van der Waals surface area contributed by atoms with Gasteiger partial charge in [0.2, 0.25) is 5.91 Å². The van der Waals surface area contributed by atoms with Crippen LogP contribution in [0.15, 0.2) is 12.2 Å². The molecule has 1 aliphatic heterocycles. The van der Waals surface area contributed by atoms with Crippen LogP contribution in [-0.2, 0) is 4.79 Å². The fourth-order valence-electron chi connectivity index (χ4n) is 1.52. The van der Waals surface area contributed by atoms with Crippen molar-refractivity contribution in [2.75, 3.05) is 6.54 Å². The lowest BCUT2D eigenvalue weighted by atomic mass is 9.99. The van der Waals surface area contributed by atoms with Crippen LogP contribution >= 0.6 is 0 Å². The molecule has 0 radical (unpaired) electrons. The number of rotatable bonds is 3. The fraction of sp³-hybridized carbons (Fsp3) is 0.667. The minimum atomic E-state index is 0.0313. The van der Waals surface area contributed by atoms with Crippen LogP contribution in [0.5, 0.6) is 0 Å². The third-order valence-corrected chi connectivity index (χ3v) is 2.16. The number of allylic oxidation sites excluding steroid dienone is 1. The van der Waals surface area contributed by atoms with Gasteiger partial charge in [-0.25, -0.2) is 0 Å². The van der Waals surface area contributed by atoms with E-state index in [-0.39, 0.29) is 17.9 Å². The molecular formula is C9H16N2O. The van der Waals surface area contributed by atoms with Gasteiger partial charge in [0.1, 0.15) is 0 Å². The molecule has 0 aromatic heterocycles. The van der Waals surface area contributed by atoms with Crippen molar-refractivity contribution in [1.29, 1.82) is 0 Å². The normalized spacial score (nSPS) is 26.2. The summed E-state index contributed by atoms with van der Waals surface area (Å²) in [6.07, 6.45) is 5.57. The van der Waals surface area contributed by atoms with E-state index in [0.717, 1.165) is 19.4 Å². The molecule has 1 fully saturated rings. The third kappa shape index (κ3) is 2.34. The standard InChI is InChI=1S/C9H16N2O/c1-2-3-8(10)6-7-4-5-11-9(7)12/h2-3,7-8H,4-6,10H2,1H3,(H,11,12)/b3-2+/t7-,8+/m0/s1. The molecule has 0 unspecified atom stereocenters. The lowest BCUT2D eigenvalue weighted by molar-refractivity contribution is -0.122. The maximum absolute atomic E-state index is 11.1. The van der Waals surface area contributed by atoms with Crippen LogP contribution in [0.2, 0.25) is 0 Å². The van der Waals surface area contributed by atoms with Gasteiger partial charge in [-0.15, -0.1) is 0 Å². The molecule has 0 aliphatic carbocycles. The number of carbonyl (C=O) groups excluding carboxylic acids is 1. The Morgan fingerprint density at radius 3 is 3.08 bits per heavy atom. The highest BCUT2D eigenvalue weighted by Gasteiger charge is 2.24. The average molecular weight is 168 g/mol. The first-order valence-electron chi connectivity index (χ1n) is 4.40. The molecule has 1 amide bonds. The summed E-state index contributed by atoms with van der Waals surface area (Å²) in [4.78, 5) is 11.1. The number of hydrogen-bond acceptors (Lipinski definition) is 2.